The van der Waals surface area contributed by atoms with E-state index in [-0.39, 0.29) is 10.8 Å². The first kappa shape index (κ1) is 69.1. The van der Waals surface area contributed by atoms with Gasteiger partial charge in [0.2, 0.25) is 0 Å². The molecule has 0 fully saturated rings. The number of aromatic nitrogens is 2. The highest BCUT2D eigenvalue weighted by Crippen LogP contribution is 2.55. The number of benzene rings is 16. The summed E-state index contributed by atoms with van der Waals surface area (Å²) in [5, 5.41) is 9.27. The van der Waals surface area contributed by atoms with Gasteiger partial charge in [0.05, 0.1) is 22.1 Å². The molecule has 5 heteroatoms. The van der Waals surface area contributed by atoms with E-state index in [4.69, 9.17) is 11.6 Å². The summed E-state index contributed by atoms with van der Waals surface area (Å²) in [7, 11) is 0. The lowest BCUT2D eigenvalue weighted by Gasteiger charge is -2.26. The second-order valence-corrected chi connectivity index (χ2v) is 29.4. The van der Waals surface area contributed by atoms with Crippen LogP contribution in [0, 0.1) is 0 Å². The van der Waals surface area contributed by atoms with Crippen molar-refractivity contribution in [1.29, 1.82) is 0 Å². The van der Waals surface area contributed by atoms with E-state index in [0.29, 0.717) is 0 Å². The van der Waals surface area contributed by atoms with Crippen molar-refractivity contribution in [2.75, 3.05) is 10.2 Å². The molecule has 0 saturated carbocycles. The van der Waals surface area contributed by atoms with Gasteiger partial charge in [-0.3, -0.25) is 0 Å². The quantitative estimate of drug-likeness (QED) is 0.140. The first-order valence-electron chi connectivity index (χ1n) is 37.9. The summed E-state index contributed by atoms with van der Waals surface area (Å²) in [5.41, 5.74) is 33.2. The predicted molar refractivity (Wildman–Crippen MR) is 466 cm³/mol. The Morgan fingerprint density at radius 1 is 0.266 bits per heavy atom. The molecule has 0 atom stereocenters. The van der Waals surface area contributed by atoms with Gasteiger partial charge in [0.25, 0.3) is 0 Å². The molecule has 0 unspecified atom stereocenters. The maximum Gasteiger partial charge on any atom is 0.0588 e. The molecule has 0 bridgehead atoms. The van der Waals surface area contributed by atoms with Gasteiger partial charge < -0.3 is 19.4 Å². The Hall–Kier alpha value is -13.0. The fraction of sp³-hybridized carbons (Fsp3) is 0.0769. The van der Waals surface area contributed by atoms with Crippen molar-refractivity contribution in [3.8, 4) is 78.1 Å². The number of para-hydroxylation sites is 2. The second-order valence-electron chi connectivity index (χ2n) is 29.0. The van der Waals surface area contributed by atoms with E-state index in [2.05, 4.69) is 417 Å². The van der Waals surface area contributed by atoms with Crippen LogP contribution in [0.2, 0.25) is 5.02 Å². The van der Waals surface area contributed by atoms with Gasteiger partial charge in [-0.2, -0.15) is 0 Å². The zero-order valence-corrected chi connectivity index (χ0v) is 62.9. The number of hydrogen-bond donors (Lipinski definition) is 1. The van der Waals surface area contributed by atoms with E-state index < -0.39 is 0 Å². The maximum absolute atomic E-state index is 6.44. The van der Waals surface area contributed by atoms with Crippen molar-refractivity contribution in [2.24, 2.45) is 0 Å². The Balaban J connectivity index is 0.000000130. The van der Waals surface area contributed by atoms with Crippen molar-refractivity contribution >= 4 is 83.6 Å². The van der Waals surface area contributed by atoms with Gasteiger partial charge in [-0.15, -0.1) is 0 Å². The summed E-state index contributed by atoms with van der Waals surface area (Å²) in [6, 6.07) is 139. The average Bonchev–Trinajstić information content (AvgIpc) is 1.54. The molecule has 2 aromatic heterocycles. The number of fused-ring (bicyclic) bond motifs is 14. The number of halogens is 1. The van der Waals surface area contributed by atoms with Gasteiger partial charge in [-0.1, -0.05) is 344 Å². The third-order valence-electron chi connectivity index (χ3n) is 21.9. The third kappa shape index (κ3) is 12.8. The molecule has 0 radical (unpaired) electrons. The van der Waals surface area contributed by atoms with Crippen LogP contribution in [0.5, 0.6) is 0 Å². The van der Waals surface area contributed by atoms with Gasteiger partial charge in [0.15, 0.2) is 0 Å². The smallest absolute Gasteiger partial charge is 0.0588 e. The molecule has 526 valence electrons. The first-order chi connectivity index (χ1) is 53.5. The SMILES string of the molecule is CC.CC1(C)c2ccccc2-c2ccc3c4ccc(Cl)cc4n(-c4ccccc4)c3c21.CC1(C)c2ccccc2-c2ccc3c4ccc(N(c5ccc(-c6ccccc6)cc5)c5ccc(-c6ccccc6)cc5)cc4n(-c4ccccc4)c3c21.c1ccc(-c2ccc(Nc3ccc(-c4ccccc4)cc3)cc2)cc1. The molecule has 2 aliphatic rings. The minimum atomic E-state index is -0.151. The Morgan fingerprint density at radius 3 is 0.936 bits per heavy atom. The Labute approximate surface area is 644 Å². The van der Waals surface area contributed by atoms with Crippen molar-refractivity contribution in [3.05, 3.63) is 416 Å². The summed E-state index contributed by atoms with van der Waals surface area (Å²) in [6.07, 6.45) is 0. The lowest BCUT2D eigenvalue weighted by Crippen LogP contribution is -2.16. The number of nitrogens with zero attached hydrogens (tertiary/aromatic N) is 3. The summed E-state index contributed by atoms with van der Waals surface area (Å²) < 4.78 is 4.90. The fourth-order valence-electron chi connectivity index (χ4n) is 16.7. The van der Waals surface area contributed by atoms with E-state index in [1.807, 2.05) is 32.0 Å². The third-order valence-corrected chi connectivity index (χ3v) is 22.1. The molecule has 1 N–H and O–H groups in total. The van der Waals surface area contributed by atoms with Gasteiger partial charge in [-0.05, 0) is 186 Å². The number of hydrogen-bond acceptors (Lipinski definition) is 2. The minimum absolute atomic E-state index is 0.0733. The highest BCUT2D eigenvalue weighted by Gasteiger charge is 2.40. The Morgan fingerprint density at radius 2 is 0.560 bits per heavy atom. The van der Waals surface area contributed by atoms with Crippen LogP contribution in [0.1, 0.15) is 63.8 Å². The largest absolute Gasteiger partial charge is 0.356 e. The van der Waals surface area contributed by atoms with Gasteiger partial charge >= 0.3 is 0 Å². The van der Waals surface area contributed by atoms with Crippen LogP contribution >= 0.6 is 11.6 Å². The zero-order chi connectivity index (χ0) is 74.2. The Bertz CT molecular complexity index is 6100. The predicted octanol–water partition coefficient (Wildman–Crippen LogP) is 29.4. The van der Waals surface area contributed by atoms with Crippen LogP contribution < -0.4 is 10.2 Å². The van der Waals surface area contributed by atoms with E-state index in [0.717, 1.165) is 50.4 Å². The lowest BCUT2D eigenvalue weighted by molar-refractivity contribution is 0.663. The van der Waals surface area contributed by atoms with Gasteiger partial charge in [0.1, 0.15) is 0 Å². The maximum atomic E-state index is 6.44. The topological polar surface area (TPSA) is 25.1 Å². The summed E-state index contributed by atoms with van der Waals surface area (Å²) in [6.45, 7) is 13.5. The van der Waals surface area contributed by atoms with Crippen LogP contribution in [-0.2, 0) is 10.8 Å². The van der Waals surface area contributed by atoms with Crippen LogP contribution in [0.4, 0.5) is 28.4 Å². The lowest BCUT2D eigenvalue weighted by atomic mass is 9.81. The standard InChI is InChI=1S/C51H38N2.C27H20ClN.C24H19N.C2H6/c1-51(2)47-21-13-12-20-43(47)45-32-33-46-44-31-30-42(34-48(44)53(50(46)49(45)51)39-18-10-5-11-19-39)52(40-26-22-37(23-27-40)35-14-6-3-7-15-35)41-28-24-38(25-29-41)36-16-8-4-9-17-36;1-27(2)23-11-7-6-10-19(23)21-14-15-22-20-13-12-17(28)16-24(20)29(26(22)25(21)27)18-8-4-3-5-9-18;1-3-7-19(8-4-1)21-11-15-23(16-12-21)25-24-17-13-22(14-18-24)20-9-5-2-6-10-20;1-2/h3-34H,1-2H3;3-16H,1-2H3;1-18,25H;1-2H3. The average molecular weight is 1420 g/mol. The van der Waals surface area contributed by atoms with Crippen molar-refractivity contribution in [2.45, 2.75) is 52.4 Å². The highest BCUT2D eigenvalue weighted by molar-refractivity contribution is 6.31. The fourth-order valence-corrected chi connectivity index (χ4v) is 16.9. The van der Waals surface area contributed by atoms with Crippen LogP contribution in [-0.4, -0.2) is 9.13 Å². The van der Waals surface area contributed by atoms with Crippen molar-refractivity contribution in [3.63, 3.8) is 0 Å². The first-order valence-corrected chi connectivity index (χ1v) is 38.3. The number of anilines is 5. The monoisotopic (exact) mass is 1420 g/mol. The molecule has 109 heavy (non-hydrogen) atoms. The molecule has 16 aromatic carbocycles. The zero-order valence-electron chi connectivity index (χ0n) is 62.2. The molecule has 0 saturated heterocycles. The Kier molecular flexibility index (Phi) is 18.6. The van der Waals surface area contributed by atoms with E-state index in [1.54, 1.807) is 0 Å². The molecular weight excluding hydrogens is 1340 g/mol. The molecular formula is C104H83ClN4. The number of rotatable bonds is 11. The molecule has 0 aliphatic heterocycles. The van der Waals surface area contributed by atoms with E-state index in [1.165, 1.54) is 127 Å². The molecule has 20 rings (SSSR count). The summed E-state index contributed by atoms with van der Waals surface area (Å²) in [4.78, 5) is 2.39. The van der Waals surface area contributed by atoms with Crippen LogP contribution in [0.15, 0.2) is 388 Å². The summed E-state index contributed by atoms with van der Waals surface area (Å²) >= 11 is 6.44. The normalized spacial score (nSPS) is 12.5. The summed E-state index contributed by atoms with van der Waals surface area (Å²) in [5.74, 6) is 0. The van der Waals surface area contributed by atoms with Gasteiger partial charge in [-0.25, -0.2) is 0 Å². The molecule has 0 spiro atoms. The molecule has 18 aromatic rings. The van der Waals surface area contributed by atoms with E-state index >= 15 is 0 Å². The molecule has 0 amide bonds. The number of nitrogens with one attached hydrogen (secondary N) is 1. The van der Waals surface area contributed by atoms with Crippen molar-refractivity contribution in [1.82, 2.24) is 9.13 Å². The minimum Gasteiger partial charge on any atom is -0.356 e. The highest BCUT2D eigenvalue weighted by atomic mass is 35.5. The molecule has 2 aliphatic carbocycles. The van der Waals surface area contributed by atoms with Crippen molar-refractivity contribution < 1.29 is 0 Å². The van der Waals surface area contributed by atoms with E-state index in [9.17, 15) is 0 Å². The molecule has 2 heterocycles. The van der Waals surface area contributed by atoms with Crippen LogP contribution in [0.25, 0.3) is 122 Å². The van der Waals surface area contributed by atoms with Gasteiger partial charge in [0, 0.05) is 77.2 Å². The second kappa shape index (κ2) is 29.4. The molecule has 4 nitrogen and oxygen atoms in total. The van der Waals surface area contributed by atoms with Crippen LogP contribution in [0.3, 0.4) is 0 Å².